The molecule has 0 bridgehead atoms. The number of rotatable bonds is 15. The molecule has 1 aromatic heterocycles. The van der Waals surface area contributed by atoms with E-state index < -0.39 is 18.2 Å². The third-order valence-corrected chi connectivity index (χ3v) is 7.67. The van der Waals surface area contributed by atoms with Gasteiger partial charge in [0.15, 0.2) is 0 Å². The highest BCUT2D eigenvalue weighted by Gasteiger charge is 2.38. The van der Waals surface area contributed by atoms with Crippen LogP contribution in [-0.2, 0) is 16.0 Å². The summed E-state index contributed by atoms with van der Waals surface area (Å²) in [5, 5.41) is 25.0. The fourth-order valence-electron chi connectivity index (χ4n) is 5.42. The molecule has 2 aliphatic rings. The SMILES string of the molecule is CC(C)C[C@H](O)[C@H](O)[C@H](CC1CCCCC1)N(CC1CC1)C(=O)CCC(=O)NCCc1ccccn1. The molecule has 202 valence electrons. The van der Waals surface area contributed by atoms with Crippen LogP contribution in [0, 0.1) is 17.8 Å². The molecule has 0 spiro atoms. The van der Waals surface area contributed by atoms with Gasteiger partial charge in [0.05, 0.1) is 12.1 Å². The second-order valence-corrected chi connectivity index (χ2v) is 11.4. The molecule has 0 radical (unpaired) electrons. The van der Waals surface area contributed by atoms with Crippen molar-refractivity contribution in [2.75, 3.05) is 13.1 Å². The molecule has 2 amide bonds. The molecule has 3 atom stereocenters. The first kappa shape index (κ1) is 28.6. The molecule has 1 heterocycles. The second-order valence-electron chi connectivity index (χ2n) is 11.4. The minimum Gasteiger partial charge on any atom is -0.390 e. The predicted molar refractivity (Wildman–Crippen MR) is 141 cm³/mol. The van der Waals surface area contributed by atoms with Crippen molar-refractivity contribution < 1.29 is 19.8 Å². The van der Waals surface area contributed by atoms with Gasteiger partial charge in [0.2, 0.25) is 11.8 Å². The molecule has 0 aromatic carbocycles. The Labute approximate surface area is 217 Å². The summed E-state index contributed by atoms with van der Waals surface area (Å²) in [6.07, 6.45) is 10.1. The number of carbonyl (C=O) groups is 2. The zero-order valence-electron chi connectivity index (χ0n) is 22.3. The Kier molecular flexibility index (Phi) is 11.6. The van der Waals surface area contributed by atoms with E-state index in [1.165, 1.54) is 19.3 Å². The van der Waals surface area contributed by atoms with E-state index in [4.69, 9.17) is 0 Å². The quantitative estimate of drug-likeness (QED) is 0.339. The number of aromatic nitrogens is 1. The lowest BCUT2D eigenvalue weighted by molar-refractivity contribution is -0.141. The summed E-state index contributed by atoms with van der Waals surface area (Å²) in [5.41, 5.74) is 0.920. The lowest BCUT2D eigenvalue weighted by Gasteiger charge is -2.40. The summed E-state index contributed by atoms with van der Waals surface area (Å²) in [5.74, 6) is 0.957. The maximum absolute atomic E-state index is 13.5. The van der Waals surface area contributed by atoms with Gasteiger partial charge in [0.1, 0.15) is 6.10 Å². The van der Waals surface area contributed by atoms with E-state index in [9.17, 15) is 19.8 Å². The number of hydrogen-bond acceptors (Lipinski definition) is 5. The summed E-state index contributed by atoms with van der Waals surface area (Å²) in [6, 6.07) is 5.31. The number of nitrogens with one attached hydrogen (secondary N) is 1. The lowest BCUT2D eigenvalue weighted by atomic mass is 9.81. The number of hydrogen-bond donors (Lipinski definition) is 3. The minimum atomic E-state index is -0.968. The fourth-order valence-corrected chi connectivity index (χ4v) is 5.42. The number of aliphatic hydroxyl groups is 2. The summed E-state index contributed by atoms with van der Waals surface area (Å²) >= 11 is 0. The number of amides is 2. The number of aliphatic hydroxyl groups excluding tert-OH is 2. The summed E-state index contributed by atoms with van der Waals surface area (Å²) < 4.78 is 0. The normalized spacial score (nSPS) is 19.0. The predicted octanol–water partition coefficient (Wildman–Crippen LogP) is 3.87. The molecule has 3 N–H and O–H groups in total. The Balaban J connectivity index is 1.60. The van der Waals surface area contributed by atoms with Crippen molar-refractivity contribution in [3.63, 3.8) is 0 Å². The highest BCUT2D eigenvalue weighted by atomic mass is 16.3. The van der Waals surface area contributed by atoms with Gasteiger partial charge in [0, 0.05) is 44.2 Å². The number of pyridine rings is 1. The van der Waals surface area contributed by atoms with Gasteiger partial charge in [-0.25, -0.2) is 0 Å². The Bertz CT molecular complexity index is 793. The molecule has 0 saturated heterocycles. The fraction of sp³-hybridized carbons (Fsp3) is 0.759. The van der Waals surface area contributed by atoms with Gasteiger partial charge < -0.3 is 20.4 Å². The van der Waals surface area contributed by atoms with E-state index in [-0.39, 0.29) is 30.6 Å². The van der Waals surface area contributed by atoms with Gasteiger partial charge in [-0.15, -0.1) is 0 Å². The van der Waals surface area contributed by atoms with Gasteiger partial charge in [0.25, 0.3) is 0 Å². The average molecular weight is 502 g/mol. The van der Waals surface area contributed by atoms with E-state index >= 15 is 0 Å². The molecule has 2 fully saturated rings. The second kappa shape index (κ2) is 14.7. The van der Waals surface area contributed by atoms with Crippen molar-refractivity contribution in [3.8, 4) is 0 Å². The van der Waals surface area contributed by atoms with Crippen LogP contribution in [-0.4, -0.2) is 63.3 Å². The molecule has 2 aliphatic carbocycles. The largest absolute Gasteiger partial charge is 0.390 e. The molecule has 2 saturated carbocycles. The van der Waals surface area contributed by atoms with Crippen LogP contribution in [0.25, 0.3) is 0 Å². The maximum atomic E-state index is 13.5. The van der Waals surface area contributed by atoms with Crippen LogP contribution in [0.15, 0.2) is 24.4 Å². The summed E-state index contributed by atoms with van der Waals surface area (Å²) in [4.78, 5) is 32.0. The van der Waals surface area contributed by atoms with Crippen LogP contribution in [0.4, 0.5) is 0 Å². The molecule has 0 unspecified atom stereocenters. The molecule has 1 aromatic rings. The van der Waals surface area contributed by atoms with E-state index in [0.717, 1.165) is 37.8 Å². The van der Waals surface area contributed by atoms with Crippen LogP contribution < -0.4 is 5.32 Å². The van der Waals surface area contributed by atoms with Crippen molar-refractivity contribution in [1.29, 1.82) is 0 Å². The van der Waals surface area contributed by atoms with Gasteiger partial charge in [-0.05, 0) is 55.6 Å². The number of nitrogens with zero attached hydrogens (tertiary/aromatic N) is 2. The molecule has 7 heteroatoms. The van der Waals surface area contributed by atoms with Gasteiger partial charge in [-0.1, -0.05) is 52.0 Å². The Hall–Kier alpha value is -1.99. The maximum Gasteiger partial charge on any atom is 0.223 e. The first-order valence-electron chi connectivity index (χ1n) is 14.2. The highest BCUT2D eigenvalue weighted by molar-refractivity contribution is 5.84. The van der Waals surface area contributed by atoms with Gasteiger partial charge in [-0.3, -0.25) is 14.6 Å². The Morgan fingerprint density at radius 1 is 1.06 bits per heavy atom. The Morgan fingerprint density at radius 2 is 1.81 bits per heavy atom. The molecular formula is C29H47N3O4. The zero-order chi connectivity index (χ0) is 25.9. The zero-order valence-corrected chi connectivity index (χ0v) is 22.3. The highest BCUT2D eigenvalue weighted by Crippen LogP contribution is 2.35. The van der Waals surface area contributed by atoms with E-state index in [1.54, 1.807) is 6.20 Å². The van der Waals surface area contributed by atoms with Gasteiger partial charge in [-0.2, -0.15) is 0 Å². The van der Waals surface area contributed by atoms with Gasteiger partial charge >= 0.3 is 0 Å². The van der Waals surface area contributed by atoms with Crippen LogP contribution in [0.1, 0.15) is 90.2 Å². The third kappa shape index (κ3) is 9.81. The topological polar surface area (TPSA) is 103 Å². The first-order valence-corrected chi connectivity index (χ1v) is 14.2. The Morgan fingerprint density at radius 3 is 2.44 bits per heavy atom. The van der Waals surface area contributed by atoms with Crippen LogP contribution in [0.2, 0.25) is 0 Å². The van der Waals surface area contributed by atoms with Crippen LogP contribution in [0.5, 0.6) is 0 Å². The van der Waals surface area contributed by atoms with Crippen LogP contribution >= 0.6 is 0 Å². The van der Waals surface area contributed by atoms with E-state index in [0.29, 0.717) is 37.8 Å². The molecule has 36 heavy (non-hydrogen) atoms. The van der Waals surface area contributed by atoms with Crippen molar-refractivity contribution in [3.05, 3.63) is 30.1 Å². The smallest absolute Gasteiger partial charge is 0.223 e. The first-order chi connectivity index (χ1) is 17.3. The molecule has 3 rings (SSSR count). The van der Waals surface area contributed by atoms with Crippen molar-refractivity contribution >= 4 is 11.8 Å². The van der Waals surface area contributed by atoms with E-state index in [2.05, 4.69) is 10.3 Å². The average Bonchev–Trinajstić information content (AvgIpc) is 3.69. The molecule has 7 nitrogen and oxygen atoms in total. The monoisotopic (exact) mass is 501 g/mol. The number of carbonyl (C=O) groups excluding carboxylic acids is 2. The van der Waals surface area contributed by atoms with Crippen LogP contribution in [0.3, 0.4) is 0 Å². The third-order valence-electron chi connectivity index (χ3n) is 7.67. The summed E-state index contributed by atoms with van der Waals surface area (Å²) in [6.45, 7) is 5.17. The summed E-state index contributed by atoms with van der Waals surface area (Å²) in [7, 11) is 0. The molecule has 0 aliphatic heterocycles. The lowest BCUT2D eigenvalue weighted by Crippen LogP contribution is -2.53. The standard InChI is InChI=1S/C29H47N3O4/c1-21(2)18-26(33)29(36)25(19-22-8-4-3-5-9-22)32(20-23-11-12-23)28(35)14-13-27(34)31-17-15-24-10-6-7-16-30-24/h6-7,10,16,21-23,25-26,29,33,36H,3-5,8-9,11-15,17-20H2,1-2H3,(H,31,34)/t25-,26-,29+/m0/s1. The minimum absolute atomic E-state index is 0.0848. The molecular weight excluding hydrogens is 454 g/mol. The van der Waals surface area contributed by atoms with Crippen molar-refractivity contribution in [2.45, 2.75) is 109 Å². The van der Waals surface area contributed by atoms with E-state index in [1.807, 2.05) is 36.9 Å². The van der Waals surface area contributed by atoms with Crippen molar-refractivity contribution in [1.82, 2.24) is 15.2 Å². The van der Waals surface area contributed by atoms with Crippen molar-refractivity contribution in [2.24, 2.45) is 17.8 Å².